The lowest BCUT2D eigenvalue weighted by atomic mass is 10.2. The van der Waals surface area contributed by atoms with E-state index in [-0.39, 0.29) is 6.04 Å². The average Bonchev–Trinajstić information content (AvgIpc) is 2.28. The Kier molecular flexibility index (Phi) is 5.22. The van der Waals surface area contributed by atoms with Crippen molar-refractivity contribution in [3.8, 4) is 5.75 Å². The highest BCUT2D eigenvalue weighted by Crippen LogP contribution is 2.13. The van der Waals surface area contributed by atoms with Crippen molar-refractivity contribution in [2.45, 2.75) is 13.0 Å². The summed E-state index contributed by atoms with van der Waals surface area (Å²) in [6.45, 7) is 3.68. The first kappa shape index (κ1) is 12.9. The van der Waals surface area contributed by atoms with E-state index >= 15 is 0 Å². The third-order valence-corrected chi connectivity index (χ3v) is 2.44. The zero-order chi connectivity index (χ0) is 12.0. The van der Waals surface area contributed by atoms with E-state index in [1.165, 1.54) is 0 Å². The molecule has 1 heterocycles. The first-order valence-electron chi connectivity index (χ1n) is 5.54. The molecular formula is C12H21N3O. The van der Waals surface area contributed by atoms with Crippen molar-refractivity contribution < 1.29 is 4.74 Å². The Morgan fingerprint density at radius 2 is 2.19 bits per heavy atom. The van der Waals surface area contributed by atoms with Gasteiger partial charge >= 0.3 is 0 Å². The van der Waals surface area contributed by atoms with Crippen molar-refractivity contribution in [1.29, 1.82) is 0 Å². The number of hydrogen-bond acceptors (Lipinski definition) is 4. The lowest BCUT2D eigenvalue weighted by Gasteiger charge is -2.12. The number of pyridine rings is 1. The van der Waals surface area contributed by atoms with E-state index in [0.717, 1.165) is 18.0 Å². The molecule has 0 aliphatic rings. The van der Waals surface area contributed by atoms with Crippen LogP contribution in [0.5, 0.6) is 5.75 Å². The summed E-state index contributed by atoms with van der Waals surface area (Å²) >= 11 is 0. The summed E-state index contributed by atoms with van der Waals surface area (Å²) in [6, 6.07) is 4.23. The number of nitrogens with one attached hydrogen (secondary N) is 1. The molecule has 0 spiro atoms. The largest absolute Gasteiger partial charge is 0.491 e. The van der Waals surface area contributed by atoms with E-state index < -0.39 is 0 Å². The number of hydrogen-bond donors (Lipinski definition) is 1. The fourth-order valence-electron chi connectivity index (χ4n) is 1.23. The van der Waals surface area contributed by atoms with Crippen molar-refractivity contribution in [2.75, 3.05) is 34.3 Å². The Morgan fingerprint density at radius 3 is 2.69 bits per heavy atom. The predicted octanol–water partition coefficient (Wildman–Crippen LogP) is 1.30. The standard InChI is InChI=1S/C12H21N3O/c1-10(13-2)12-6-5-11(9-14-12)16-8-7-15(3)4/h5-6,9-10,13H,7-8H2,1-4H3. The van der Waals surface area contributed by atoms with Crippen LogP contribution in [-0.2, 0) is 0 Å². The third-order valence-electron chi connectivity index (χ3n) is 2.44. The molecule has 16 heavy (non-hydrogen) atoms. The number of ether oxygens (including phenoxy) is 1. The van der Waals surface area contributed by atoms with Crippen molar-refractivity contribution in [2.24, 2.45) is 0 Å². The van der Waals surface area contributed by atoms with Crippen LogP contribution in [0.1, 0.15) is 18.7 Å². The van der Waals surface area contributed by atoms with E-state index in [9.17, 15) is 0 Å². The zero-order valence-electron chi connectivity index (χ0n) is 10.5. The Labute approximate surface area is 97.6 Å². The lowest BCUT2D eigenvalue weighted by molar-refractivity contribution is 0.260. The monoisotopic (exact) mass is 223 g/mol. The first-order chi connectivity index (χ1) is 7.63. The van der Waals surface area contributed by atoms with Gasteiger partial charge < -0.3 is 15.0 Å². The van der Waals surface area contributed by atoms with Crippen LogP contribution >= 0.6 is 0 Å². The minimum absolute atomic E-state index is 0.274. The molecule has 0 radical (unpaired) electrons. The summed E-state index contributed by atoms with van der Waals surface area (Å²) in [4.78, 5) is 6.43. The maximum Gasteiger partial charge on any atom is 0.137 e. The molecule has 0 aliphatic heterocycles. The number of aromatic nitrogens is 1. The van der Waals surface area contributed by atoms with Crippen molar-refractivity contribution in [1.82, 2.24) is 15.2 Å². The van der Waals surface area contributed by atoms with E-state index in [1.807, 2.05) is 33.3 Å². The maximum atomic E-state index is 5.56. The van der Waals surface area contributed by atoms with Crippen molar-refractivity contribution >= 4 is 0 Å². The Morgan fingerprint density at radius 1 is 1.44 bits per heavy atom. The van der Waals surface area contributed by atoms with Crippen LogP contribution in [0.4, 0.5) is 0 Å². The van der Waals surface area contributed by atoms with Gasteiger partial charge in [-0.25, -0.2) is 0 Å². The highest BCUT2D eigenvalue weighted by Gasteiger charge is 2.03. The molecule has 4 nitrogen and oxygen atoms in total. The highest BCUT2D eigenvalue weighted by molar-refractivity contribution is 5.21. The zero-order valence-corrected chi connectivity index (χ0v) is 10.5. The summed E-state index contributed by atoms with van der Waals surface area (Å²) in [7, 11) is 5.98. The van der Waals surface area contributed by atoms with Crippen molar-refractivity contribution in [3.63, 3.8) is 0 Å². The van der Waals surface area contributed by atoms with E-state index in [1.54, 1.807) is 6.20 Å². The number of rotatable bonds is 6. The van der Waals surface area contributed by atoms with Crippen LogP contribution in [-0.4, -0.2) is 44.2 Å². The molecule has 0 saturated carbocycles. The molecule has 1 atom stereocenters. The van der Waals surface area contributed by atoms with E-state index in [2.05, 4.69) is 22.1 Å². The summed E-state index contributed by atoms with van der Waals surface area (Å²) in [5, 5.41) is 3.15. The Bertz CT molecular complexity index is 298. The molecule has 1 N–H and O–H groups in total. The van der Waals surface area contributed by atoms with Gasteiger partial charge in [0.05, 0.1) is 11.9 Å². The van der Waals surface area contributed by atoms with Gasteiger partial charge in [-0.05, 0) is 40.2 Å². The summed E-state index contributed by atoms with van der Waals surface area (Å²) in [5.41, 5.74) is 1.03. The topological polar surface area (TPSA) is 37.4 Å². The summed E-state index contributed by atoms with van der Waals surface area (Å²) in [6.07, 6.45) is 1.78. The fraction of sp³-hybridized carbons (Fsp3) is 0.583. The van der Waals surface area contributed by atoms with Crippen molar-refractivity contribution in [3.05, 3.63) is 24.0 Å². The lowest BCUT2D eigenvalue weighted by Crippen LogP contribution is -2.19. The molecule has 0 bridgehead atoms. The molecule has 0 saturated heterocycles. The van der Waals surface area contributed by atoms with Crippen LogP contribution in [0.25, 0.3) is 0 Å². The van der Waals surface area contributed by atoms with Gasteiger partial charge in [0.15, 0.2) is 0 Å². The molecule has 0 amide bonds. The summed E-state index contributed by atoms with van der Waals surface area (Å²) < 4.78 is 5.56. The first-order valence-corrected chi connectivity index (χ1v) is 5.54. The smallest absolute Gasteiger partial charge is 0.137 e. The number of likely N-dealkylation sites (N-methyl/N-ethyl adjacent to an activating group) is 1. The van der Waals surface area contributed by atoms with E-state index in [0.29, 0.717) is 6.61 Å². The molecule has 90 valence electrons. The normalized spacial score (nSPS) is 12.8. The molecule has 1 unspecified atom stereocenters. The highest BCUT2D eigenvalue weighted by atomic mass is 16.5. The predicted molar refractivity (Wildman–Crippen MR) is 65.8 cm³/mol. The average molecular weight is 223 g/mol. The molecule has 0 aromatic carbocycles. The van der Waals surface area contributed by atoms with Crippen LogP contribution in [0.15, 0.2) is 18.3 Å². The van der Waals surface area contributed by atoms with Gasteiger partial charge in [0, 0.05) is 12.6 Å². The van der Waals surface area contributed by atoms with Gasteiger partial charge in [-0.15, -0.1) is 0 Å². The molecule has 0 aliphatic carbocycles. The minimum Gasteiger partial charge on any atom is -0.491 e. The Hall–Kier alpha value is -1.13. The van der Waals surface area contributed by atoms with Gasteiger partial charge in [0.2, 0.25) is 0 Å². The quantitative estimate of drug-likeness (QED) is 0.789. The van der Waals surface area contributed by atoms with Crippen LogP contribution in [0.2, 0.25) is 0 Å². The van der Waals surface area contributed by atoms with Gasteiger partial charge in [-0.2, -0.15) is 0 Å². The molecule has 1 aromatic rings. The van der Waals surface area contributed by atoms with Gasteiger partial charge in [0.1, 0.15) is 12.4 Å². The number of nitrogens with zero attached hydrogens (tertiary/aromatic N) is 2. The van der Waals surface area contributed by atoms with Gasteiger partial charge in [-0.3, -0.25) is 4.98 Å². The SMILES string of the molecule is CNC(C)c1ccc(OCCN(C)C)cn1. The fourth-order valence-corrected chi connectivity index (χ4v) is 1.23. The second-order valence-corrected chi connectivity index (χ2v) is 4.08. The van der Waals surface area contributed by atoms with Crippen LogP contribution in [0, 0.1) is 0 Å². The van der Waals surface area contributed by atoms with Gasteiger partial charge in [0.25, 0.3) is 0 Å². The maximum absolute atomic E-state index is 5.56. The molecular weight excluding hydrogens is 202 g/mol. The second kappa shape index (κ2) is 6.45. The molecule has 4 heteroatoms. The Balaban J connectivity index is 2.45. The molecule has 1 rings (SSSR count). The second-order valence-electron chi connectivity index (χ2n) is 4.08. The van der Waals surface area contributed by atoms with Crippen LogP contribution < -0.4 is 10.1 Å². The molecule has 1 aromatic heterocycles. The van der Waals surface area contributed by atoms with E-state index in [4.69, 9.17) is 4.74 Å². The van der Waals surface area contributed by atoms with Crippen LogP contribution in [0.3, 0.4) is 0 Å². The third kappa shape index (κ3) is 4.16. The molecule has 0 fully saturated rings. The summed E-state index contributed by atoms with van der Waals surface area (Å²) in [5.74, 6) is 0.828. The minimum atomic E-state index is 0.274. The van der Waals surface area contributed by atoms with Gasteiger partial charge in [-0.1, -0.05) is 0 Å².